The van der Waals surface area contributed by atoms with E-state index < -0.39 is 23.9 Å². The summed E-state index contributed by atoms with van der Waals surface area (Å²) in [5.41, 5.74) is 0. The monoisotopic (exact) mass is 372 g/mol. The number of ether oxygens (including phenoxy) is 3. The second-order valence-electron chi connectivity index (χ2n) is 4.80. The van der Waals surface area contributed by atoms with E-state index in [0.29, 0.717) is 13.2 Å². The van der Waals surface area contributed by atoms with Gasteiger partial charge < -0.3 is 19.3 Å². The van der Waals surface area contributed by atoms with Gasteiger partial charge in [-0.3, -0.25) is 0 Å². The molecule has 0 aromatic carbocycles. The molecule has 0 saturated heterocycles. The predicted molar refractivity (Wildman–Crippen MR) is 94.3 cm³/mol. The van der Waals surface area contributed by atoms with E-state index >= 15 is 0 Å². The number of esters is 3. The van der Waals surface area contributed by atoms with E-state index in [9.17, 15) is 19.2 Å². The van der Waals surface area contributed by atoms with Crippen LogP contribution in [0.25, 0.3) is 0 Å². The van der Waals surface area contributed by atoms with Crippen LogP contribution >= 0.6 is 0 Å². The lowest BCUT2D eigenvalue weighted by Gasteiger charge is -2.00. The van der Waals surface area contributed by atoms with E-state index in [1.165, 1.54) is 0 Å². The van der Waals surface area contributed by atoms with Crippen molar-refractivity contribution in [1.29, 1.82) is 0 Å². The minimum absolute atomic E-state index is 0.253. The quantitative estimate of drug-likeness (QED) is 0.254. The minimum Gasteiger partial charge on any atom is -0.478 e. The maximum Gasteiger partial charge on any atom is 0.331 e. The first-order chi connectivity index (χ1) is 12.4. The van der Waals surface area contributed by atoms with Gasteiger partial charge in [-0.05, 0) is 19.8 Å². The summed E-state index contributed by atoms with van der Waals surface area (Å²) in [6.45, 7) is 6.70. The molecule has 0 aliphatic heterocycles. The molecule has 0 unspecified atom stereocenters. The van der Waals surface area contributed by atoms with Gasteiger partial charge in [-0.1, -0.05) is 26.7 Å². The summed E-state index contributed by atoms with van der Waals surface area (Å²) < 4.78 is 14.1. The van der Waals surface area contributed by atoms with Gasteiger partial charge >= 0.3 is 23.9 Å². The molecule has 0 rings (SSSR count). The van der Waals surface area contributed by atoms with E-state index in [1.54, 1.807) is 6.92 Å². The average Bonchev–Trinajstić information content (AvgIpc) is 2.59. The van der Waals surface area contributed by atoms with Crippen LogP contribution in [-0.4, -0.2) is 48.8 Å². The van der Waals surface area contributed by atoms with Crippen molar-refractivity contribution in [3.8, 4) is 0 Å². The van der Waals surface area contributed by atoms with Crippen LogP contribution in [0.1, 0.15) is 46.5 Å². The molecule has 8 nitrogen and oxygen atoms in total. The molecule has 0 amide bonds. The third-order valence-electron chi connectivity index (χ3n) is 2.49. The van der Waals surface area contributed by atoms with Crippen LogP contribution in [0.2, 0.25) is 0 Å². The zero-order chi connectivity index (χ0) is 20.2. The largest absolute Gasteiger partial charge is 0.478 e. The zero-order valence-corrected chi connectivity index (χ0v) is 15.6. The molecule has 0 aromatic rings. The van der Waals surface area contributed by atoms with Crippen molar-refractivity contribution in [1.82, 2.24) is 0 Å². The molecule has 8 heteroatoms. The molecule has 26 heavy (non-hydrogen) atoms. The number of carbonyl (C=O) groups is 4. The van der Waals surface area contributed by atoms with E-state index in [1.807, 2.05) is 13.8 Å². The van der Waals surface area contributed by atoms with Crippen molar-refractivity contribution >= 4 is 23.9 Å². The number of rotatable bonds is 11. The van der Waals surface area contributed by atoms with Crippen molar-refractivity contribution < 1.29 is 38.5 Å². The summed E-state index contributed by atoms with van der Waals surface area (Å²) in [4.78, 5) is 42.3. The lowest BCUT2D eigenvalue weighted by molar-refractivity contribution is -0.140. The van der Waals surface area contributed by atoms with Crippen molar-refractivity contribution in [2.75, 3.05) is 19.8 Å². The number of hydrogen-bond donors (Lipinski definition) is 1. The molecule has 0 bridgehead atoms. The molecular formula is C18H28O8. The van der Waals surface area contributed by atoms with Crippen molar-refractivity contribution in [2.45, 2.75) is 46.5 Å². The summed E-state index contributed by atoms with van der Waals surface area (Å²) in [6.07, 6.45) is 7.41. The molecule has 0 atom stereocenters. The summed E-state index contributed by atoms with van der Waals surface area (Å²) >= 11 is 0. The SMILES string of the molecule is CCCCOC(=O)C=CC(=O)OCCCC.CCOC(=O)C=CC(=O)O. The summed E-state index contributed by atoms with van der Waals surface area (Å²) in [6, 6.07) is 0. The number of carboxylic acids is 1. The summed E-state index contributed by atoms with van der Waals surface area (Å²) in [5.74, 6) is -2.79. The third-order valence-corrected chi connectivity index (χ3v) is 2.49. The Morgan fingerprint density at radius 1 is 0.692 bits per heavy atom. The highest BCUT2D eigenvalue weighted by atomic mass is 16.5. The second kappa shape index (κ2) is 18.7. The van der Waals surface area contributed by atoms with Gasteiger partial charge in [0, 0.05) is 24.3 Å². The Labute approximate surface area is 153 Å². The molecule has 0 saturated carbocycles. The van der Waals surface area contributed by atoms with Gasteiger partial charge in [-0.15, -0.1) is 0 Å². The maximum absolute atomic E-state index is 11.0. The number of unbranched alkanes of at least 4 members (excludes halogenated alkanes) is 2. The summed E-state index contributed by atoms with van der Waals surface area (Å²) in [5, 5.41) is 8.04. The lowest BCUT2D eigenvalue weighted by atomic mass is 10.4. The van der Waals surface area contributed by atoms with Gasteiger partial charge in [-0.2, -0.15) is 0 Å². The molecule has 0 aromatic heterocycles. The Bertz CT molecular complexity index is 456. The van der Waals surface area contributed by atoms with Crippen molar-refractivity contribution in [3.63, 3.8) is 0 Å². The predicted octanol–water partition coefficient (Wildman–Crippen LogP) is 2.42. The average molecular weight is 372 g/mol. The molecular weight excluding hydrogens is 344 g/mol. The first kappa shape index (κ1) is 25.6. The first-order valence-electron chi connectivity index (χ1n) is 8.46. The van der Waals surface area contributed by atoms with Crippen molar-refractivity contribution in [3.05, 3.63) is 24.3 Å². The van der Waals surface area contributed by atoms with Crippen LogP contribution in [0.4, 0.5) is 0 Å². The molecule has 0 radical (unpaired) electrons. The van der Waals surface area contributed by atoms with Gasteiger partial charge in [0.25, 0.3) is 0 Å². The van der Waals surface area contributed by atoms with Gasteiger partial charge in [-0.25, -0.2) is 19.2 Å². The number of carboxylic acid groups (broad SMARTS) is 1. The number of hydrogen-bond acceptors (Lipinski definition) is 7. The molecule has 0 spiro atoms. The lowest BCUT2D eigenvalue weighted by Crippen LogP contribution is -2.05. The Hall–Kier alpha value is -2.64. The first-order valence-corrected chi connectivity index (χ1v) is 8.46. The molecule has 0 aliphatic rings. The van der Waals surface area contributed by atoms with Gasteiger partial charge in [0.1, 0.15) is 0 Å². The van der Waals surface area contributed by atoms with Gasteiger partial charge in [0.15, 0.2) is 0 Å². The number of aliphatic carboxylic acids is 1. The molecule has 0 fully saturated rings. The topological polar surface area (TPSA) is 116 Å². The summed E-state index contributed by atoms with van der Waals surface area (Å²) in [7, 11) is 0. The second-order valence-corrected chi connectivity index (χ2v) is 4.80. The Morgan fingerprint density at radius 2 is 1.08 bits per heavy atom. The third kappa shape index (κ3) is 21.4. The standard InChI is InChI=1S/C12H20O4.C6H8O4/c1-3-5-9-15-11(13)7-8-12(14)16-10-6-4-2;1-2-10-6(9)4-3-5(7)8/h7-8H,3-6,9-10H2,1-2H3;3-4H,2H2,1H3,(H,7,8). The van der Waals surface area contributed by atoms with Crippen LogP contribution in [0.5, 0.6) is 0 Å². The van der Waals surface area contributed by atoms with Gasteiger partial charge in [0.2, 0.25) is 0 Å². The molecule has 0 heterocycles. The minimum atomic E-state index is -1.16. The zero-order valence-electron chi connectivity index (χ0n) is 15.6. The highest BCUT2D eigenvalue weighted by Gasteiger charge is 2.00. The Morgan fingerprint density at radius 3 is 1.42 bits per heavy atom. The van der Waals surface area contributed by atoms with Crippen LogP contribution in [0.3, 0.4) is 0 Å². The molecule has 0 aliphatic carbocycles. The highest BCUT2D eigenvalue weighted by Crippen LogP contribution is 1.92. The van der Waals surface area contributed by atoms with Crippen LogP contribution in [0, 0.1) is 0 Å². The normalized spacial score (nSPS) is 10.1. The fourth-order valence-corrected chi connectivity index (χ4v) is 1.20. The van der Waals surface area contributed by atoms with Crippen molar-refractivity contribution in [2.24, 2.45) is 0 Å². The Kier molecular flexibility index (Phi) is 18.4. The highest BCUT2D eigenvalue weighted by molar-refractivity contribution is 5.91. The fourth-order valence-electron chi connectivity index (χ4n) is 1.20. The van der Waals surface area contributed by atoms with E-state index in [0.717, 1.165) is 50.0 Å². The fraction of sp³-hybridized carbons (Fsp3) is 0.556. The van der Waals surface area contributed by atoms with Crippen LogP contribution in [-0.2, 0) is 33.4 Å². The van der Waals surface area contributed by atoms with E-state index in [-0.39, 0.29) is 6.61 Å². The smallest absolute Gasteiger partial charge is 0.331 e. The maximum atomic E-state index is 11.0. The van der Waals surface area contributed by atoms with Crippen LogP contribution in [0.15, 0.2) is 24.3 Å². The molecule has 148 valence electrons. The number of carbonyl (C=O) groups excluding carboxylic acids is 3. The van der Waals surface area contributed by atoms with Gasteiger partial charge in [0.05, 0.1) is 19.8 Å². The van der Waals surface area contributed by atoms with E-state index in [2.05, 4.69) is 4.74 Å². The van der Waals surface area contributed by atoms with Crippen LogP contribution < -0.4 is 0 Å². The molecule has 1 N–H and O–H groups in total. The van der Waals surface area contributed by atoms with E-state index in [4.69, 9.17) is 14.6 Å². The Balaban J connectivity index is 0.